The molecule has 1 heterocycles. The number of benzene rings is 10. The van der Waals surface area contributed by atoms with E-state index < -0.39 is 5.41 Å². The molecule has 1 spiro atoms. The summed E-state index contributed by atoms with van der Waals surface area (Å²) in [5, 5.41) is 5.13. The molecule has 0 radical (unpaired) electrons. The molecule has 0 N–H and O–H groups in total. The summed E-state index contributed by atoms with van der Waals surface area (Å²) < 4.78 is 2.63. The average Bonchev–Trinajstić information content (AvgIpc) is 3.95. The summed E-state index contributed by atoms with van der Waals surface area (Å²) in [6.45, 7) is 0. The lowest BCUT2D eigenvalue weighted by atomic mass is 9.70. The minimum atomic E-state index is -0.435. The van der Waals surface area contributed by atoms with Crippen molar-refractivity contribution in [2.75, 3.05) is 4.90 Å². The number of hydrogen-bond acceptors (Lipinski definition) is 2. The Morgan fingerprint density at radius 2 is 0.803 bits per heavy atom. The highest BCUT2D eigenvalue weighted by molar-refractivity contribution is 7.25. The third-order valence-electron chi connectivity index (χ3n) is 13.2. The summed E-state index contributed by atoms with van der Waals surface area (Å²) in [7, 11) is 0. The molecule has 0 bridgehead atoms. The molecule has 2 aliphatic carbocycles. The summed E-state index contributed by atoms with van der Waals surface area (Å²) in [5.74, 6) is 0. The van der Waals surface area contributed by atoms with Crippen LogP contribution in [0.1, 0.15) is 22.3 Å². The van der Waals surface area contributed by atoms with Crippen molar-refractivity contribution in [2.24, 2.45) is 0 Å². The Labute approximate surface area is 359 Å². The maximum Gasteiger partial charge on any atom is 0.0726 e. The van der Waals surface area contributed by atoms with Gasteiger partial charge in [-0.1, -0.05) is 170 Å². The molecule has 0 unspecified atom stereocenters. The molecule has 2 heteroatoms. The van der Waals surface area contributed by atoms with Crippen molar-refractivity contribution >= 4 is 59.3 Å². The first-order valence-corrected chi connectivity index (χ1v) is 21.9. The molecule has 0 saturated heterocycles. The zero-order valence-electron chi connectivity index (χ0n) is 33.2. The van der Waals surface area contributed by atoms with E-state index in [2.05, 4.69) is 229 Å². The van der Waals surface area contributed by atoms with E-state index in [-0.39, 0.29) is 0 Å². The highest BCUT2D eigenvalue weighted by atomic mass is 32.1. The van der Waals surface area contributed by atoms with Gasteiger partial charge >= 0.3 is 0 Å². The van der Waals surface area contributed by atoms with Crippen LogP contribution in [-0.2, 0) is 5.41 Å². The normalized spacial score (nSPS) is 13.0. The Bertz CT molecular complexity index is 3510. The fourth-order valence-electron chi connectivity index (χ4n) is 10.6. The Kier molecular flexibility index (Phi) is 7.46. The van der Waals surface area contributed by atoms with Crippen LogP contribution in [0.2, 0.25) is 0 Å². The van der Waals surface area contributed by atoms with Crippen molar-refractivity contribution in [3.05, 3.63) is 247 Å². The van der Waals surface area contributed by atoms with Crippen LogP contribution in [0.4, 0.5) is 17.1 Å². The minimum Gasteiger partial charge on any atom is -0.310 e. The van der Waals surface area contributed by atoms with Crippen molar-refractivity contribution in [1.29, 1.82) is 0 Å². The standard InChI is InChI=1S/C59H37NS/c1-2-14-39-33-42(28-27-38(39)13-1)40-15-11-17-44(34-40)60(45-18-12-16-41(35-45)43-29-31-52-51-22-6-10-26-57(51)61-58(52)36-43)46-30-32-50-49-21-5-9-25-55(49)59(56(50)37-46)53-23-7-3-19-47(53)48-20-4-8-24-54(48)59/h1-37H. The molecular formula is C59H37NS. The number of hydrogen-bond donors (Lipinski definition) is 0. The number of anilines is 3. The van der Waals surface area contributed by atoms with Gasteiger partial charge in [0.15, 0.2) is 0 Å². The Balaban J connectivity index is 1.03. The molecule has 1 nitrogen and oxygen atoms in total. The van der Waals surface area contributed by atoms with Crippen molar-refractivity contribution in [3.63, 3.8) is 0 Å². The fourth-order valence-corrected chi connectivity index (χ4v) is 11.7. The molecule has 2 aliphatic rings. The van der Waals surface area contributed by atoms with Crippen LogP contribution < -0.4 is 4.90 Å². The molecule has 1 aromatic heterocycles. The number of fused-ring (bicyclic) bond motifs is 14. The lowest BCUT2D eigenvalue weighted by Gasteiger charge is -2.32. The Morgan fingerprint density at radius 1 is 0.295 bits per heavy atom. The molecule has 13 rings (SSSR count). The zero-order valence-corrected chi connectivity index (χ0v) is 34.0. The molecule has 11 aromatic rings. The van der Waals surface area contributed by atoms with Crippen LogP contribution in [0.15, 0.2) is 224 Å². The molecule has 0 amide bonds. The van der Waals surface area contributed by atoms with Crippen molar-refractivity contribution < 1.29 is 0 Å². The summed E-state index contributed by atoms with van der Waals surface area (Å²) >= 11 is 1.87. The molecule has 61 heavy (non-hydrogen) atoms. The Hall–Kier alpha value is -7.52. The van der Waals surface area contributed by atoms with Crippen LogP contribution in [0.5, 0.6) is 0 Å². The third-order valence-corrected chi connectivity index (χ3v) is 14.4. The van der Waals surface area contributed by atoms with E-state index in [1.165, 1.54) is 97.7 Å². The maximum absolute atomic E-state index is 2.49. The quantitative estimate of drug-likeness (QED) is 0.168. The van der Waals surface area contributed by atoms with E-state index in [9.17, 15) is 0 Å². The number of rotatable bonds is 5. The zero-order chi connectivity index (χ0) is 40.1. The smallest absolute Gasteiger partial charge is 0.0726 e. The topological polar surface area (TPSA) is 3.24 Å². The first-order valence-electron chi connectivity index (χ1n) is 21.1. The first-order chi connectivity index (χ1) is 30.2. The monoisotopic (exact) mass is 791 g/mol. The van der Waals surface area contributed by atoms with Gasteiger partial charge in [0.1, 0.15) is 0 Å². The van der Waals surface area contributed by atoms with Gasteiger partial charge in [0.2, 0.25) is 0 Å². The Morgan fingerprint density at radius 3 is 1.49 bits per heavy atom. The highest BCUT2D eigenvalue weighted by Gasteiger charge is 2.51. The van der Waals surface area contributed by atoms with E-state index in [4.69, 9.17) is 0 Å². The molecule has 0 saturated carbocycles. The van der Waals surface area contributed by atoms with Crippen LogP contribution in [0.25, 0.3) is 75.5 Å². The van der Waals surface area contributed by atoms with Crippen LogP contribution >= 0.6 is 11.3 Å². The summed E-state index contributed by atoms with van der Waals surface area (Å²) in [5.41, 5.74) is 18.3. The van der Waals surface area contributed by atoms with Gasteiger partial charge in [0.05, 0.1) is 5.41 Å². The average molecular weight is 792 g/mol. The molecule has 0 aliphatic heterocycles. The van der Waals surface area contributed by atoms with Gasteiger partial charge in [0, 0.05) is 37.2 Å². The fraction of sp³-hybridized carbons (Fsp3) is 0.0169. The van der Waals surface area contributed by atoms with Crippen LogP contribution in [-0.4, -0.2) is 0 Å². The molecular weight excluding hydrogens is 755 g/mol. The van der Waals surface area contributed by atoms with E-state index in [1.54, 1.807) is 0 Å². The SMILES string of the molecule is c1cc(-c2ccc3ccccc3c2)cc(N(c2cccc(-c3ccc4c(c3)sc3ccccc34)c2)c2ccc3c(c2)C2(c4ccccc4-c4ccccc42)c2ccccc2-3)c1. The number of nitrogens with zero attached hydrogens (tertiary/aromatic N) is 1. The molecule has 10 aromatic carbocycles. The molecule has 0 atom stereocenters. The minimum absolute atomic E-state index is 0.435. The second-order valence-electron chi connectivity index (χ2n) is 16.4. The lowest BCUT2D eigenvalue weighted by Crippen LogP contribution is -2.26. The lowest BCUT2D eigenvalue weighted by molar-refractivity contribution is 0.793. The predicted octanol–water partition coefficient (Wildman–Crippen LogP) is 16.4. The first kappa shape index (κ1) is 34.4. The summed E-state index contributed by atoms with van der Waals surface area (Å²) in [4.78, 5) is 2.47. The van der Waals surface area contributed by atoms with E-state index >= 15 is 0 Å². The van der Waals surface area contributed by atoms with Gasteiger partial charge < -0.3 is 4.90 Å². The van der Waals surface area contributed by atoms with Gasteiger partial charge in [-0.2, -0.15) is 0 Å². The summed E-state index contributed by atoms with van der Waals surface area (Å²) in [6.07, 6.45) is 0. The van der Waals surface area contributed by atoms with Crippen molar-refractivity contribution in [3.8, 4) is 44.5 Å². The van der Waals surface area contributed by atoms with Crippen molar-refractivity contribution in [1.82, 2.24) is 0 Å². The summed E-state index contributed by atoms with van der Waals surface area (Å²) in [6, 6.07) is 83.7. The van der Waals surface area contributed by atoms with Gasteiger partial charge in [-0.15, -0.1) is 11.3 Å². The van der Waals surface area contributed by atoms with Gasteiger partial charge in [-0.25, -0.2) is 0 Å². The second kappa shape index (κ2) is 13.2. The predicted molar refractivity (Wildman–Crippen MR) is 259 cm³/mol. The van der Waals surface area contributed by atoms with Gasteiger partial charge in [-0.3, -0.25) is 0 Å². The highest BCUT2D eigenvalue weighted by Crippen LogP contribution is 2.63. The maximum atomic E-state index is 2.49. The second-order valence-corrected chi connectivity index (χ2v) is 17.5. The van der Waals surface area contributed by atoms with Crippen molar-refractivity contribution in [2.45, 2.75) is 5.41 Å². The van der Waals surface area contributed by atoms with Crippen LogP contribution in [0, 0.1) is 0 Å². The van der Waals surface area contributed by atoms with E-state index in [0.29, 0.717) is 0 Å². The van der Waals surface area contributed by atoms with E-state index in [1.807, 2.05) is 11.3 Å². The largest absolute Gasteiger partial charge is 0.310 e. The van der Waals surface area contributed by atoms with E-state index in [0.717, 1.165) is 17.1 Å². The third kappa shape index (κ3) is 5.07. The van der Waals surface area contributed by atoms with Crippen LogP contribution in [0.3, 0.4) is 0 Å². The number of thiophene rings is 1. The van der Waals surface area contributed by atoms with Gasteiger partial charge in [-0.05, 0) is 132 Å². The molecule has 284 valence electrons. The van der Waals surface area contributed by atoms with Gasteiger partial charge in [0.25, 0.3) is 0 Å². The molecule has 0 fully saturated rings.